The van der Waals surface area contributed by atoms with Crippen molar-refractivity contribution in [3.05, 3.63) is 58.7 Å². The number of benzene rings is 2. The Kier molecular flexibility index (Phi) is 6.54. The second kappa shape index (κ2) is 8.31. The summed E-state index contributed by atoms with van der Waals surface area (Å²) in [6.45, 7) is 7.50. The molecule has 148 valence electrons. The molecule has 0 saturated heterocycles. The van der Waals surface area contributed by atoms with Crippen LogP contribution >= 0.6 is 10.9 Å². The van der Waals surface area contributed by atoms with Crippen LogP contribution in [0.5, 0.6) is 5.75 Å². The summed E-state index contributed by atoms with van der Waals surface area (Å²) >= 11 is 0. The van der Waals surface area contributed by atoms with Gasteiger partial charge < -0.3 is 14.4 Å². The summed E-state index contributed by atoms with van der Waals surface area (Å²) in [4.78, 5) is 11.2. The van der Waals surface area contributed by atoms with Crippen molar-refractivity contribution in [2.24, 2.45) is 0 Å². The summed E-state index contributed by atoms with van der Waals surface area (Å²) in [5.41, 5.74) is 2.32. The fraction of sp³-hybridized carbons (Fsp3) is 0.350. The molecule has 2 rings (SSSR count). The van der Waals surface area contributed by atoms with Gasteiger partial charge in [0.25, 0.3) is 0 Å². The second-order valence-electron chi connectivity index (χ2n) is 6.68. The van der Waals surface area contributed by atoms with Gasteiger partial charge in [-0.2, -0.15) is 0 Å². The summed E-state index contributed by atoms with van der Waals surface area (Å²) in [5.74, 6) is -0.727. The Hall–Kier alpha value is -2.06. The third kappa shape index (κ3) is 4.81. The molecule has 0 aliphatic heterocycles. The minimum atomic E-state index is -3.54. The zero-order valence-corrected chi connectivity index (χ0v) is 16.7. The average molecular weight is 394 g/mol. The highest BCUT2D eigenvalue weighted by molar-refractivity contribution is 8.20. The third-order valence-corrected chi connectivity index (χ3v) is 5.89. The molecule has 2 unspecified atom stereocenters. The summed E-state index contributed by atoms with van der Waals surface area (Å²) in [6.07, 6.45) is -0.663. The van der Waals surface area contributed by atoms with Crippen LogP contribution in [-0.2, 0) is 4.79 Å². The van der Waals surface area contributed by atoms with Crippen molar-refractivity contribution >= 4 is 16.8 Å². The number of aliphatic hydroxyl groups excluding tert-OH is 1. The minimum absolute atomic E-state index is 0.208. The number of carbonyl (C=O) groups is 1. The normalized spacial score (nSPS) is 14.5. The van der Waals surface area contributed by atoms with Crippen LogP contribution < -0.4 is 4.18 Å². The molecule has 0 aromatic heterocycles. The zero-order chi connectivity index (χ0) is 20.4. The molecule has 2 aromatic carbocycles. The predicted molar refractivity (Wildman–Crippen MR) is 105 cm³/mol. The molecule has 0 radical (unpaired) electrons. The molecule has 0 saturated carbocycles. The summed E-state index contributed by atoms with van der Waals surface area (Å²) < 4.78 is 26.6. The van der Waals surface area contributed by atoms with Crippen LogP contribution in [0.4, 0.5) is 0 Å². The maximum atomic E-state index is 11.0. The predicted octanol–water partition coefficient (Wildman–Crippen LogP) is 5.04. The first-order valence-corrected chi connectivity index (χ1v) is 10.1. The fourth-order valence-electron chi connectivity index (χ4n) is 2.79. The maximum absolute atomic E-state index is 11.0. The van der Waals surface area contributed by atoms with Gasteiger partial charge in [0.05, 0.1) is 4.90 Å². The Bertz CT molecular complexity index is 793. The molecule has 0 heterocycles. The topological polar surface area (TPSA) is 107 Å². The van der Waals surface area contributed by atoms with Crippen molar-refractivity contribution in [1.82, 2.24) is 0 Å². The Morgan fingerprint density at radius 2 is 1.59 bits per heavy atom. The van der Waals surface area contributed by atoms with Crippen molar-refractivity contribution in [2.45, 2.75) is 51.0 Å². The maximum Gasteiger partial charge on any atom is 0.337 e. The standard InChI is InChI=1S/C20H26O6S/c1-5-12(2)15-6-8-17(9-7-15)27(24,25)26-19-13(3)10-16(11-14(19)4)18(21)20(22)23/h6-12,18,21,24-25H,5H2,1-4H3,(H,22,23). The first kappa shape index (κ1) is 21.2. The van der Waals surface area contributed by atoms with Crippen molar-refractivity contribution in [1.29, 1.82) is 0 Å². The monoisotopic (exact) mass is 394 g/mol. The van der Waals surface area contributed by atoms with Crippen LogP contribution in [0.25, 0.3) is 0 Å². The molecule has 6 nitrogen and oxygen atoms in total. The molecule has 4 N–H and O–H groups in total. The van der Waals surface area contributed by atoms with Gasteiger partial charge in [-0.25, -0.2) is 4.79 Å². The molecule has 0 spiro atoms. The Morgan fingerprint density at radius 1 is 1.07 bits per heavy atom. The van der Waals surface area contributed by atoms with Gasteiger partial charge >= 0.3 is 5.97 Å². The first-order chi connectivity index (χ1) is 12.6. The lowest BCUT2D eigenvalue weighted by Gasteiger charge is -2.29. The number of aryl methyl sites for hydroxylation is 2. The fourth-order valence-corrected chi connectivity index (χ4v) is 3.87. The van der Waals surface area contributed by atoms with Crippen LogP contribution in [0.2, 0.25) is 0 Å². The third-order valence-electron chi connectivity index (χ3n) is 4.60. The molecular weight excluding hydrogens is 368 g/mol. The Morgan fingerprint density at radius 3 is 2.04 bits per heavy atom. The molecular formula is C20H26O6S. The highest BCUT2D eigenvalue weighted by Gasteiger charge is 2.26. The van der Waals surface area contributed by atoms with E-state index < -0.39 is 22.9 Å². The molecule has 0 aliphatic rings. The van der Waals surface area contributed by atoms with E-state index >= 15 is 0 Å². The van der Waals surface area contributed by atoms with E-state index in [-0.39, 0.29) is 16.2 Å². The largest absolute Gasteiger partial charge is 0.479 e. The number of aliphatic hydroxyl groups is 1. The van der Waals surface area contributed by atoms with Crippen molar-refractivity contribution in [2.75, 3.05) is 0 Å². The van der Waals surface area contributed by atoms with Gasteiger partial charge in [-0.1, -0.05) is 26.0 Å². The van der Waals surface area contributed by atoms with Crippen LogP contribution in [0, 0.1) is 13.8 Å². The van der Waals surface area contributed by atoms with Crippen molar-refractivity contribution in [3.63, 3.8) is 0 Å². The molecule has 0 aliphatic carbocycles. The number of carboxylic acid groups (broad SMARTS) is 1. The number of hydrogen-bond donors (Lipinski definition) is 4. The average Bonchev–Trinajstić information content (AvgIpc) is 2.63. The van der Waals surface area contributed by atoms with E-state index in [4.69, 9.17) is 9.29 Å². The lowest BCUT2D eigenvalue weighted by molar-refractivity contribution is -0.146. The highest BCUT2D eigenvalue weighted by Crippen LogP contribution is 2.50. The number of carboxylic acids is 1. The van der Waals surface area contributed by atoms with Gasteiger partial charge in [0, 0.05) is 0 Å². The van der Waals surface area contributed by atoms with E-state index in [0.29, 0.717) is 17.0 Å². The highest BCUT2D eigenvalue weighted by atomic mass is 32.3. The van der Waals surface area contributed by atoms with Gasteiger partial charge in [0.15, 0.2) is 17.0 Å². The van der Waals surface area contributed by atoms with Gasteiger partial charge in [0.1, 0.15) is 5.75 Å². The van der Waals surface area contributed by atoms with E-state index in [9.17, 15) is 19.0 Å². The summed E-state index contributed by atoms with van der Waals surface area (Å²) in [6, 6.07) is 9.92. The van der Waals surface area contributed by atoms with E-state index in [0.717, 1.165) is 12.0 Å². The number of rotatable bonds is 7. The molecule has 2 aromatic rings. The van der Waals surface area contributed by atoms with Gasteiger partial charge in [-0.05, 0) is 72.7 Å². The number of hydrogen-bond acceptors (Lipinski definition) is 5. The van der Waals surface area contributed by atoms with Crippen LogP contribution in [0.15, 0.2) is 41.3 Å². The molecule has 0 bridgehead atoms. The Balaban J connectivity index is 2.30. The zero-order valence-electron chi connectivity index (χ0n) is 15.8. The lowest BCUT2D eigenvalue weighted by Crippen LogP contribution is -2.12. The molecule has 0 amide bonds. The minimum Gasteiger partial charge on any atom is -0.479 e. The van der Waals surface area contributed by atoms with Gasteiger partial charge in [-0.15, -0.1) is 0 Å². The number of aliphatic carboxylic acids is 1. The quantitative estimate of drug-likeness (QED) is 0.524. The van der Waals surface area contributed by atoms with Gasteiger partial charge in [0.2, 0.25) is 0 Å². The molecule has 7 heteroatoms. The molecule has 2 atom stereocenters. The van der Waals surface area contributed by atoms with Crippen LogP contribution in [-0.4, -0.2) is 25.3 Å². The Labute approximate surface area is 161 Å². The van der Waals surface area contributed by atoms with Gasteiger partial charge in [-0.3, -0.25) is 9.11 Å². The summed E-state index contributed by atoms with van der Waals surface area (Å²) in [7, 11) is -3.54. The smallest absolute Gasteiger partial charge is 0.337 e. The van der Waals surface area contributed by atoms with E-state index in [1.807, 2.05) is 12.1 Å². The first-order valence-electron chi connectivity index (χ1n) is 8.66. The second-order valence-corrected chi connectivity index (χ2v) is 8.31. The van der Waals surface area contributed by atoms with E-state index in [1.165, 1.54) is 12.1 Å². The molecule has 0 fully saturated rings. The van der Waals surface area contributed by atoms with Crippen LogP contribution in [0.3, 0.4) is 0 Å². The van der Waals surface area contributed by atoms with Crippen molar-refractivity contribution in [3.8, 4) is 5.75 Å². The SMILES string of the molecule is CCC(C)c1ccc(S(O)(O)Oc2c(C)cc(C(O)C(=O)O)cc2C)cc1. The summed E-state index contributed by atoms with van der Waals surface area (Å²) in [5, 5.41) is 18.6. The van der Waals surface area contributed by atoms with E-state index in [2.05, 4.69) is 13.8 Å². The van der Waals surface area contributed by atoms with E-state index in [1.54, 1.807) is 26.0 Å². The lowest BCUT2D eigenvalue weighted by atomic mass is 9.99. The molecule has 27 heavy (non-hydrogen) atoms. The van der Waals surface area contributed by atoms with Crippen molar-refractivity contribution < 1.29 is 28.3 Å². The van der Waals surface area contributed by atoms with Crippen LogP contribution in [0.1, 0.15) is 54.5 Å².